The van der Waals surface area contributed by atoms with E-state index in [1.165, 1.54) is 24.1 Å². The zero-order chi connectivity index (χ0) is 31.8. The van der Waals surface area contributed by atoms with Crippen molar-refractivity contribution in [3.05, 3.63) is 66.1 Å². The molecular formula is C33H34FN5O5S. The van der Waals surface area contributed by atoms with Crippen LogP contribution in [0.15, 0.2) is 63.8 Å². The molecule has 4 fully saturated rings. The van der Waals surface area contributed by atoms with E-state index in [9.17, 15) is 24.3 Å². The average Bonchev–Trinajstić information content (AvgIpc) is 3.30. The van der Waals surface area contributed by atoms with Crippen molar-refractivity contribution >= 4 is 34.2 Å². The number of hydrogen-bond acceptors (Lipinski definition) is 11. The Bertz CT molecular complexity index is 1720. The van der Waals surface area contributed by atoms with E-state index in [4.69, 9.17) is 19.9 Å². The molecule has 0 amide bonds. The number of nitriles is 1. The zero-order valence-corrected chi connectivity index (χ0v) is 25.9. The molecule has 45 heavy (non-hydrogen) atoms. The first-order valence-corrected chi connectivity index (χ1v) is 16.1. The molecule has 0 spiro atoms. The number of nitrogens with two attached hydrogens (primary N) is 1. The van der Waals surface area contributed by atoms with E-state index in [2.05, 4.69) is 23.0 Å². The van der Waals surface area contributed by atoms with Crippen LogP contribution in [0.5, 0.6) is 0 Å². The quantitative estimate of drug-likeness (QED) is 0.331. The SMILES string of the molecule is C[C@]12CC(=CN)C(=Nc3ccc(F)nc3)C=C1CC[C@]13CC12[C@@H](O)C[C@@]1(C)C3CC[C@]1(OC(=O)c1cocn1)C(=O)SCC#N. The number of pyridine rings is 1. The highest BCUT2D eigenvalue weighted by Gasteiger charge is 2.88. The number of nitrogens with zero attached hydrogens (tertiary/aromatic N) is 4. The van der Waals surface area contributed by atoms with Gasteiger partial charge in [-0.25, -0.2) is 19.8 Å². The van der Waals surface area contributed by atoms with Crippen LogP contribution in [0.3, 0.4) is 0 Å². The molecule has 0 radical (unpaired) electrons. The second-order valence-corrected chi connectivity index (χ2v) is 14.5. The van der Waals surface area contributed by atoms with Gasteiger partial charge in [-0.1, -0.05) is 31.2 Å². The lowest BCUT2D eigenvalue weighted by Crippen LogP contribution is -2.62. The fourth-order valence-electron chi connectivity index (χ4n) is 10.2. The molecule has 12 heteroatoms. The van der Waals surface area contributed by atoms with Crippen molar-refractivity contribution < 1.29 is 28.2 Å². The summed E-state index contributed by atoms with van der Waals surface area (Å²) in [4.78, 5) is 39.7. The first-order valence-electron chi connectivity index (χ1n) is 15.2. The van der Waals surface area contributed by atoms with Crippen molar-refractivity contribution in [3.8, 4) is 6.07 Å². The molecule has 5 aliphatic rings. The number of fused-ring (bicyclic) bond motifs is 2. The number of oxazole rings is 1. The number of rotatable bonds is 5. The van der Waals surface area contributed by atoms with Crippen molar-refractivity contribution in [3.63, 3.8) is 0 Å². The predicted octanol–water partition coefficient (Wildman–Crippen LogP) is 5.19. The summed E-state index contributed by atoms with van der Waals surface area (Å²) in [7, 11) is 0. The first kappa shape index (κ1) is 29.9. The van der Waals surface area contributed by atoms with Gasteiger partial charge in [-0.3, -0.25) is 4.79 Å². The van der Waals surface area contributed by atoms with Crippen LogP contribution in [0.2, 0.25) is 0 Å². The van der Waals surface area contributed by atoms with Gasteiger partial charge in [0.15, 0.2) is 17.7 Å². The molecule has 7 rings (SSSR count). The molecule has 4 saturated carbocycles. The molecule has 0 aromatic carbocycles. The summed E-state index contributed by atoms with van der Waals surface area (Å²) in [5.74, 6) is -1.41. The number of ether oxygens (including phenoxy) is 1. The number of aliphatic hydroxyl groups excluding tert-OH is 1. The predicted molar refractivity (Wildman–Crippen MR) is 162 cm³/mol. The first-order chi connectivity index (χ1) is 21.5. The number of aliphatic hydroxyl groups is 1. The van der Waals surface area contributed by atoms with Gasteiger partial charge in [0.1, 0.15) is 6.26 Å². The summed E-state index contributed by atoms with van der Waals surface area (Å²) in [5, 5.41) is 21.2. The number of carbonyl (C=O) groups excluding carboxylic acids is 2. The van der Waals surface area contributed by atoms with Crippen LogP contribution in [0.25, 0.3) is 0 Å². The summed E-state index contributed by atoms with van der Waals surface area (Å²) in [6, 6.07) is 4.86. The standard InChI is InChI=1S/C33H34FN5O5S/c1-29-12-19(14-36)22(39-21-3-4-26(34)37-15-21)11-20(29)5-7-31-17-32(29,31)25(40)13-30(2)24(31)6-8-33(30,28(42)45-10-9-35)44-27(41)23-16-43-18-38-23/h3-4,11,14-16,18,24-25,40H,5-8,10,12-13,17,36H2,1-2H3/t24?,25-,29-,30-,31+,32?,33-/m0/s1. The number of halogens is 1. The van der Waals surface area contributed by atoms with Crippen LogP contribution < -0.4 is 5.73 Å². The lowest BCUT2D eigenvalue weighted by Gasteiger charge is -2.60. The number of esters is 1. The lowest BCUT2D eigenvalue weighted by atomic mass is 9.45. The van der Waals surface area contributed by atoms with Crippen LogP contribution in [-0.4, -0.2) is 49.3 Å². The van der Waals surface area contributed by atoms with E-state index in [-0.39, 0.29) is 34.3 Å². The zero-order valence-electron chi connectivity index (χ0n) is 25.1. The Morgan fingerprint density at radius 2 is 2.16 bits per heavy atom. The highest BCUT2D eigenvalue weighted by atomic mass is 32.2. The number of thioether (sulfide) groups is 1. The van der Waals surface area contributed by atoms with Crippen LogP contribution >= 0.6 is 11.8 Å². The van der Waals surface area contributed by atoms with Gasteiger partial charge in [0.25, 0.3) is 0 Å². The lowest BCUT2D eigenvalue weighted by molar-refractivity contribution is -0.175. The Morgan fingerprint density at radius 1 is 1.33 bits per heavy atom. The number of aliphatic imine (C=N–C) groups is 1. The Balaban J connectivity index is 1.27. The third kappa shape index (κ3) is 3.86. The second-order valence-electron chi connectivity index (χ2n) is 13.6. The Kier molecular flexibility index (Phi) is 6.70. The van der Waals surface area contributed by atoms with E-state index in [1.807, 2.05) is 13.0 Å². The van der Waals surface area contributed by atoms with Gasteiger partial charge in [-0.05, 0) is 86.3 Å². The fourth-order valence-corrected chi connectivity index (χ4v) is 11.0. The van der Waals surface area contributed by atoms with E-state index < -0.39 is 39.9 Å². The smallest absolute Gasteiger partial charge is 0.361 e. The molecule has 10 nitrogen and oxygen atoms in total. The third-order valence-corrected chi connectivity index (χ3v) is 12.9. The van der Waals surface area contributed by atoms with Crippen molar-refractivity contribution in [1.29, 1.82) is 5.26 Å². The maximum absolute atomic E-state index is 14.0. The van der Waals surface area contributed by atoms with Gasteiger partial charge >= 0.3 is 5.97 Å². The van der Waals surface area contributed by atoms with Crippen LogP contribution in [0.4, 0.5) is 10.1 Å². The van der Waals surface area contributed by atoms with E-state index >= 15 is 0 Å². The average molecular weight is 632 g/mol. The minimum atomic E-state index is -1.53. The molecule has 0 saturated heterocycles. The fraction of sp³-hybridized carbons (Fsp3) is 0.515. The van der Waals surface area contributed by atoms with Crippen LogP contribution in [0.1, 0.15) is 69.3 Å². The summed E-state index contributed by atoms with van der Waals surface area (Å²) in [6.45, 7) is 4.19. The van der Waals surface area contributed by atoms with Crippen LogP contribution in [0, 0.1) is 44.9 Å². The molecule has 7 atom stereocenters. The van der Waals surface area contributed by atoms with Crippen molar-refractivity contribution in [1.82, 2.24) is 9.97 Å². The number of allylic oxidation sites excluding steroid dienone is 3. The Morgan fingerprint density at radius 3 is 2.84 bits per heavy atom. The summed E-state index contributed by atoms with van der Waals surface area (Å²) < 4.78 is 24.6. The summed E-state index contributed by atoms with van der Waals surface area (Å²) >= 11 is 0.858. The topological polar surface area (TPSA) is 165 Å². The molecule has 5 aliphatic carbocycles. The van der Waals surface area contributed by atoms with Crippen molar-refractivity contribution in [2.75, 3.05) is 5.75 Å². The maximum Gasteiger partial charge on any atom is 0.361 e. The monoisotopic (exact) mass is 631 g/mol. The van der Waals surface area contributed by atoms with E-state index in [0.29, 0.717) is 30.7 Å². The largest absolute Gasteiger partial charge is 0.451 e. The molecule has 2 aromatic rings. The highest BCUT2D eigenvalue weighted by Crippen LogP contribution is 2.90. The van der Waals surface area contributed by atoms with Gasteiger partial charge < -0.3 is 20.0 Å². The molecule has 2 unspecified atom stereocenters. The minimum absolute atomic E-state index is 0.00539. The second kappa shape index (κ2) is 10.1. The maximum atomic E-state index is 14.0. The molecule has 2 aromatic heterocycles. The van der Waals surface area contributed by atoms with Crippen molar-refractivity contribution in [2.45, 2.75) is 70.5 Å². The molecule has 234 valence electrons. The van der Waals surface area contributed by atoms with Gasteiger partial charge in [0, 0.05) is 16.2 Å². The van der Waals surface area contributed by atoms with Gasteiger partial charge in [-0.2, -0.15) is 9.65 Å². The highest BCUT2D eigenvalue weighted by molar-refractivity contribution is 8.14. The van der Waals surface area contributed by atoms with E-state index in [0.717, 1.165) is 43.0 Å². The van der Waals surface area contributed by atoms with Gasteiger partial charge in [0.2, 0.25) is 11.1 Å². The number of aromatic nitrogens is 2. The normalized spacial score (nSPS) is 39.6. The molecule has 2 heterocycles. The summed E-state index contributed by atoms with van der Waals surface area (Å²) in [6.07, 6.45) is 10.7. The Hall–Kier alpha value is -3.82. The number of hydrogen-bond donors (Lipinski definition) is 2. The van der Waals surface area contributed by atoms with Crippen LogP contribution in [-0.2, 0) is 9.53 Å². The third-order valence-electron chi connectivity index (χ3n) is 12.1. The van der Waals surface area contributed by atoms with Crippen molar-refractivity contribution in [2.24, 2.45) is 38.3 Å². The molecule has 0 aliphatic heterocycles. The molecule has 0 bridgehead atoms. The number of carbonyl (C=O) groups is 2. The van der Waals surface area contributed by atoms with E-state index in [1.54, 1.807) is 12.3 Å². The summed E-state index contributed by atoms with van der Waals surface area (Å²) in [5.41, 5.74) is 5.86. The molecular weight excluding hydrogens is 597 g/mol. The Labute approximate surface area is 264 Å². The minimum Gasteiger partial charge on any atom is -0.451 e. The van der Waals surface area contributed by atoms with Gasteiger partial charge in [0.05, 0.1) is 35.5 Å². The van der Waals surface area contributed by atoms with Gasteiger partial charge in [-0.15, -0.1) is 0 Å². The molecule has 3 N–H and O–H groups in total.